The van der Waals surface area contributed by atoms with E-state index in [1.807, 2.05) is 0 Å². The van der Waals surface area contributed by atoms with Crippen molar-refractivity contribution in [1.82, 2.24) is 5.06 Å². The molecule has 0 unspecified atom stereocenters. The van der Waals surface area contributed by atoms with Crippen LogP contribution >= 0.6 is 0 Å². The van der Waals surface area contributed by atoms with Crippen LogP contribution in [0.25, 0.3) is 0 Å². The Labute approximate surface area is 67.0 Å². The van der Waals surface area contributed by atoms with Crippen LogP contribution < -0.4 is 0 Å². The molecule has 6 heteroatoms. The summed E-state index contributed by atoms with van der Waals surface area (Å²) in [5, 5.41) is 0.716. The largest absolute Gasteiger partial charge is 0.390 e. The molecule has 12 heavy (non-hydrogen) atoms. The summed E-state index contributed by atoms with van der Waals surface area (Å²) in [4.78, 5) is 15.3. The fourth-order valence-corrected chi connectivity index (χ4v) is 0.767. The van der Waals surface area contributed by atoms with Gasteiger partial charge in [-0.2, -0.15) is 13.2 Å². The van der Waals surface area contributed by atoms with Gasteiger partial charge in [-0.25, -0.2) is 5.06 Å². The fourth-order valence-electron chi connectivity index (χ4n) is 0.767. The molecule has 0 saturated carbocycles. The minimum absolute atomic E-state index is 0.0662. The summed E-state index contributed by atoms with van der Waals surface area (Å²) in [6.45, 7) is -0.366. The van der Waals surface area contributed by atoms with E-state index in [1.165, 1.54) is 6.42 Å². The molecular weight excluding hydrogens is 175 g/mol. The number of hydrogen-bond acceptors (Lipinski definition) is 2. The lowest BCUT2D eigenvalue weighted by Crippen LogP contribution is -2.28. The number of amides is 1. The third-order valence-corrected chi connectivity index (χ3v) is 1.33. The molecule has 1 heterocycles. The Balaban J connectivity index is 2.27. The number of alkyl halides is 3. The molecule has 0 aliphatic carbocycles. The summed E-state index contributed by atoms with van der Waals surface area (Å²) >= 11 is 0. The van der Waals surface area contributed by atoms with Crippen molar-refractivity contribution >= 4 is 5.91 Å². The van der Waals surface area contributed by atoms with Gasteiger partial charge < -0.3 is 0 Å². The second-order valence-corrected chi connectivity index (χ2v) is 2.31. The zero-order valence-electron chi connectivity index (χ0n) is 6.10. The molecule has 1 aliphatic rings. The molecule has 0 N–H and O–H groups in total. The van der Waals surface area contributed by atoms with Gasteiger partial charge in [0.15, 0.2) is 0 Å². The molecule has 1 aliphatic heterocycles. The van der Waals surface area contributed by atoms with Crippen LogP contribution in [-0.4, -0.2) is 30.3 Å². The van der Waals surface area contributed by atoms with Gasteiger partial charge in [0.1, 0.15) is 0 Å². The Bertz CT molecular complexity index is 180. The molecule has 0 bridgehead atoms. The molecule has 1 rings (SSSR count). The zero-order valence-corrected chi connectivity index (χ0v) is 6.10. The summed E-state index contributed by atoms with van der Waals surface area (Å²) < 4.78 is 34.9. The third-order valence-electron chi connectivity index (χ3n) is 1.33. The van der Waals surface area contributed by atoms with E-state index in [4.69, 9.17) is 0 Å². The van der Waals surface area contributed by atoms with Crippen molar-refractivity contribution in [2.24, 2.45) is 0 Å². The highest BCUT2D eigenvalue weighted by molar-refractivity contribution is 5.85. The molecule has 0 aromatic rings. The van der Waals surface area contributed by atoms with Gasteiger partial charge in [0.25, 0.3) is 5.91 Å². The highest BCUT2D eigenvalue weighted by atomic mass is 19.4. The number of hydrogen-bond donors (Lipinski definition) is 0. The molecule has 0 aromatic carbocycles. The predicted molar refractivity (Wildman–Crippen MR) is 32.6 cm³/mol. The van der Waals surface area contributed by atoms with Crippen LogP contribution in [0.15, 0.2) is 0 Å². The van der Waals surface area contributed by atoms with Crippen molar-refractivity contribution < 1.29 is 22.8 Å². The maximum absolute atomic E-state index is 11.6. The molecule has 1 amide bonds. The molecular formula is C6H7F3NO2. The van der Waals surface area contributed by atoms with Crippen molar-refractivity contribution in [3.63, 3.8) is 0 Å². The highest BCUT2D eigenvalue weighted by Gasteiger charge is 2.31. The summed E-state index contributed by atoms with van der Waals surface area (Å²) in [6, 6.07) is 0. The van der Waals surface area contributed by atoms with Crippen LogP contribution in [0.2, 0.25) is 0 Å². The van der Waals surface area contributed by atoms with Crippen molar-refractivity contribution in [3.05, 3.63) is 6.42 Å². The fraction of sp³-hybridized carbons (Fsp3) is 0.667. The first-order valence-corrected chi connectivity index (χ1v) is 3.33. The van der Waals surface area contributed by atoms with Crippen LogP contribution in [-0.2, 0) is 9.63 Å². The second-order valence-electron chi connectivity index (χ2n) is 2.31. The van der Waals surface area contributed by atoms with Gasteiger partial charge in [-0.05, 0) is 0 Å². The van der Waals surface area contributed by atoms with Crippen LogP contribution in [0, 0.1) is 6.42 Å². The quantitative estimate of drug-likeness (QED) is 0.635. The maximum atomic E-state index is 11.6. The van der Waals surface area contributed by atoms with Gasteiger partial charge in [0.2, 0.25) is 0 Å². The van der Waals surface area contributed by atoms with E-state index in [1.54, 1.807) is 0 Å². The normalized spacial score (nSPS) is 18.9. The Hall–Kier alpha value is -0.780. The minimum atomic E-state index is -4.24. The second kappa shape index (κ2) is 3.30. The van der Waals surface area contributed by atoms with Crippen molar-refractivity contribution in [1.29, 1.82) is 0 Å². The molecule has 1 saturated heterocycles. The highest BCUT2D eigenvalue weighted by Crippen LogP contribution is 2.20. The molecule has 3 nitrogen and oxygen atoms in total. The summed E-state index contributed by atoms with van der Waals surface area (Å²) in [7, 11) is 0. The van der Waals surface area contributed by atoms with E-state index >= 15 is 0 Å². The number of carbonyl (C=O) groups is 1. The van der Waals surface area contributed by atoms with Crippen LogP contribution in [0.5, 0.6) is 0 Å². The lowest BCUT2D eigenvalue weighted by Gasteiger charge is -2.14. The maximum Gasteiger partial charge on any atom is 0.390 e. The topological polar surface area (TPSA) is 29.5 Å². The number of carbonyl (C=O) groups excluding carboxylic acids is 1. The molecule has 1 fully saturated rings. The Kier molecular flexibility index (Phi) is 2.56. The summed E-state index contributed by atoms with van der Waals surface area (Å²) in [5.41, 5.74) is 0. The van der Waals surface area contributed by atoms with Gasteiger partial charge in [-0.3, -0.25) is 9.63 Å². The van der Waals surface area contributed by atoms with E-state index < -0.39 is 25.0 Å². The van der Waals surface area contributed by atoms with Crippen LogP contribution in [0.1, 0.15) is 6.42 Å². The van der Waals surface area contributed by atoms with E-state index in [0.717, 1.165) is 0 Å². The van der Waals surface area contributed by atoms with Crippen LogP contribution in [0.3, 0.4) is 0 Å². The predicted octanol–water partition coefficient (Wildman–Crippen LogP) is 0.917. The average molecular weight is 182 g/mol. The van der Waals surface area contributed by atoms with Gasteiger partial charge >= 0.3 is 6.18 Å². The van der Waals surface area contributed by atoms with E-state index in [2.05, 4.69) is 4.84 Å². The molecule has 0 spiro atoms. The van der Waals surface area contributed by atoms with Crippen LogP contribution in [0.4, 0.5) is 13.2 Å². The first-order valence-electron chi connectivity index (χ1n) is 3.33. The Morgan fingerprint density at radius 2 is 2.25 bits per heavy atom. The lowest BCUT2D eigenvalue weighted by molar-refractivity contribution is -0.179. The van der Waals surface area contributed by atoms with Gasteiger partial charge in [-0.15, -0.1) is 0 Å². The average Bonchev–Trinajstić information content (AvgIpc) is 2.29. The van der Waals surface area contributed by atoms with Crippen molar-refractivity contribution in [2.75, 3.05) is 13.2 Å². The Morgan fingerprint density at radius 1 is 1.58 bits per heavy atom. The van der Waals surface area contributed by atoms with Crippen molar-refractivity contribution in [3.8, 4) is 0 Å². The third kappa shape index (κ3) is 2.69. The number of hydroxylamine groups is 2. The van der Waals surface area contributed by atoms with E-state index in [-0.39, 0.29) is 6.61 Å². The first-order chi connectivity index (χ1) is 5.49. The molecule has 1 radical (unpaired) electrons. The van der Waals surface area contributed by atoms with E-state index in [9.17, 15) is 18.0 Å². The van der Waals surface area contributed by atoms with Gasteiger partial charge in [0.05, 0.1) is 26.0 Å². The monoisotopic (exact) mass is 182 g/mol. The first kappa shape index (κ1) is 9.31. The Morgan fingerprint density at radius 3 is 2.67 bits per heavy atom. The minimum Gasteiger partial charge on any atom is -0.272 e. The van der Waals surface area contributed by atoms with Gasteiger partial charge in [0, 0.05) is 0 Å². The SMILES string of the molecule is O=C1[CH]CON1CCC(F)(F)F. The lowest BCUT2D eigenvalue weighted by atomic mass is 10.4. The van der Waals surface area contributed by atoms with Crippen molar-refractivity contribution in [2.45, 2.75) is 12.6 Å². The standard InChI is InChI=1S/C6H7F3NO2/c7-6(8,9)2-3-10-5(11)1-4-12-10/h1H,2-4H2. The molecule has 0 atom stereocenters. The summed E-state index contributed by atoms with van der Waals surface area (Å²) in [5.74, 6) is -0.501. The summed E-state index contributed by atoms with van der Waals surface area (Å²) in [6.07, 6.45) is -4.09. The smallest absolute Gasteiger partial charge is 0.272 e. The van der Waals surface area contributed by atoms with E-state index in [0.29, 0.717) is 5.06 Å². The molecule has 0 aromatic heterocycles. The zero-order chi connectivity index (χ0) is 9.19. The van der Waals surface area contributed by atoms with Gasteiger partial charge in [-0.1, -0.05) is 0 Å². The number of rotatable bonds is 2. The number of nitrogens with zero attached hydrogens (tertiary/aromatic N) is 1. The molecule has 69 valence electrons. The number of halogens is 3.